The minimum atomic E-state index is -1.70. The number of allylic oxidation sites excluding steroid dienone is 1. The molecule has 1 fully saturated rings. The number of rotatable bonds is 1. The Morgan fingerprint density at radius 2 is 2.05 bits per heavy atom. The molecule has 0 spiro atoms. The van der Waals surface area contributed by atoms with Crippen LogP contribution in [-0.4, -0.2) is 15.2 Å². The standard InChI is InChI=1S/C11H7N5O6/c17-14-8-6-4-1-2-5(3-4)11(6,16(19)20)10-9(7(8)12-21-14)15(18)22-13-10/h1-2,4-6H,3H2/t4-,5+,6-,11+/m0/s1. The van der Waals surface area contributed by atoms with E-state index in [0.717, 1.165) is 0 Å². The average molecular weight is 305 g/mol. The molecule has 0 amide bonds. The molecule has 11 nitrogen and oxygen atoms in total. The molecular formula is C11H7N5O6. The minimum Gasteiger partial charge on any atom is -0.359 e. The molecule has 0 aliphatic heterocycles. The first-order valence-electron chi connectivity index (χ1n) is 6.59. The number of hydrogen-bond acceptors (Lipinski definition) is 8. The van der Waals surface area contributed by atoms with E-state index in [1.165, 1.54) is 0 Å². The zero-order valence-electron chi connectivity index (χ0n) is 10.8. The maximum atomic E-state index is 12.0. The number of nitro groups is 1. The molecule has 2 heterocycles. The van der Waals surface area contributed by atoms with E-state index in [9.17, 15) is 20.5 Å². The number of fused-ring (bicyclic) bond motifs is 10. The topological polar surface area (TPSA) is 149 Å². The van der Waals surface area contributed by atoms with Crippen molar-refractivity contribution in [2.24, 2.45) is 11.8 Å². The average Bonchev–Trinajstić information content (AvgIpc) is 3.21. The Morgan fingerprint density at radius 3 is 2.82 bits per heavy atom. The van der Waals surface area contributed by atoms with Crippen LogP contribution in [0, 0.1) is 32.4 Å². The lowest BCUT2D eigenvalue weighted by Crippen LogP contribution is -2.51. The summed E-state index contributed by atoms with van der Waals surface area (Å²) in [6.07, 6.45) is 4.09. The van der Waals surface area contributed by atoms with Gasteiger partial charge in [-0.25, -0.2) is 0 Å². The summed E-state index contributed by atoms with van der Waals surface area (Å²) in [5.74, 6) is -1.46. The maximum absolute atomic E-state index is 12.0. The molecule has 2 bridgehead atoms. The summed E-state index contributed by atoms with van der Waals surface area (Å²) in [6, 6.07) is 0. The summed E-state index contributed by atoms with van der Waals surface area (Å²) >= 11 is 0. The van der Waals surface area contributed by atoms with Crippen LogP contribution < -0.4 is 9.81 Å². The summed E-state index contributed by atoms with van der Waals surface area (Å²) in [5, 5.41) is 43.0. The van der Waals surface area contributed by atoms with Gasteiger partial charge in [0, 0.05) is 10.1 Å². The Hall–Kier alpha value is -2.98. The highest BCUT2D eigenvalue weighted by molar-refractivity contribution is 5.63. The number of aromatic nitrogens is 4. The molecule has 11 heteroatoms. The lowest BCUT2D eigenvalue weighted by atomic mass is 9.68. The monoisotopic (exact) mass is 305 g/mol. The molecule has 1 saturated carbocycles. The van der Waals surface area contributed by atoms with Crippen LogP contribution in [0.2, 0.25) is 0 Å². The van der Waals surface area contributed by atoms with E-state index in [4.69, 9.17) is 0 Å². The van der Waals surface area contributed by atoms with Crippen molar-refractivity contribution in [1.29, 1.82) is 0 Å². The molecule has 2 aromatic rings. The van der Waals surface area contributed by atoms with Crippen LogP contribution in [0.1, 0.15) is 23.7 Å². The van der Waals surface area contributed by atoms with Crippen LogP contribution in [0.25, 0.3) is 11.4 Å². The fourth-order valence-electron chi connectivity index (χ4n) is 4.32. The predicted molar refractivity (Wildman–Crippen MR) is 62.1 cm³/mol. The molecule has 22 heavy (non-hydrogen) atoms. The normalized spacial score (nSPS) is 33.5. The van der Waals surface area contributed by atoms with Gasteiger partial charge in [0.1, 0.15) is 5.92 Å². The number of nitrogens with zero attached hydrogens (tertiary/aromatic N) is 5. The van der Waals surface area contributed by atoms with Crippen LogP contribution in [-0.2, 0) is 5.54 Å². The van der Waals surface area contributed by atoms with Gasteiger partial charge in [-0.1, -0.05) is 12.2 Å². The van der Waals surface area contributed by atoms with E-state index in [-0.39, 0.29) is 38.5 Å². The summed E-state index contributed by atoms with van der Waals surface area (Å²) in [6.45, 7) is 0. The summed E-state index contributed by atoms with van der Waals surface area (Å²) < 4.78 is 9.15. The van der Waals surface area contributed by atoms with E-state index in [1.54, 1.807) is 6.08 Å². The van der Waals surface area contributed by atoms with Crippen molar-refractivity contribution in [3.63, 3.8) is 0 Å². The van der Waals surface area contributed by atoms with E-state index < -0.39 is 22.3 Å². The molecular weight excluding hydrogens is 298 g/mol. The quantitative estimate of drug-likeness (QED) is 0.292. The molecule has 0 saturated heterocycles. The molecule has 0 unspecified atom stereocenters. The first-order valence-corrected chi connectivity index (χ1v) is 6.59. The van der Waals surface area contributed by atoms with Crippen molar-refractivity contribution in [1.82, 2.24) is 10.3 Å². The Balaban J connectivity index is 1.96. The zero-order valence-corrected chi connectivity index (χ0v) is 10.8. The summed E-state index contributed by atoms with van der Waals surface area (Å²) in [7, 11) is 0. The Labute approximate surface area is 120 Å². The maximum Gasteiger partial charge on any atom is 0.310 e. The van der Waals surface area contributed by atoms with E-state index in [0.29, 0.717) is 6.42 Å². The van der Waals surface area contributed by atoms with Crippen LogP contribution in [0.3, 0.4) is 0 Å². The van der Waals surface area contributed by atoms with Gasteiger partial charge in [0.05, 0.1) is 11.1 Å². The van der Waals surface area contributed by atoms with E-state index in [2.05, 4.69) is 19.6 Å². The third kappa shape index (κ3) is 0.944. The van der Waals surface area contributed by atoms with Gasteiger partial charge in [-0.3, -0.25) is 19.4 Å². The second-order valence-corrected chi connectivity index (χ2v) is 5.74. The highest BCUT2D eigenvalue weighted by Crippen LogP contribution is 2.64. The molecule has 4 atom stereocenters. The Kier molecular flexibility index (Phi) is 1.73. The van der Waals surface area contributed by atoms with Crippen molar-refractivity contribution in [3.05, 3.63) is 44.1 Å². The molecule has 112 valence electrons. The van der Waals surface area contributed by atoms with Gasteiger partial charge in [0.2, 0.25) is 5.69 Å². The lowest BCUT2D eigenvalue weighted by Gasteiger charge is -2.30. The highest BCUT2D eigenvalue weighted by Gasteiger charge is 2.77. The van der Waals surface area contributed by atoms with Gasteiger partial charge in [0.25, 0.3) is 11.4 Å². The zero-order chi connectivity index (χ0) is 15.2. The van der Waals surface area contributed by atoms with Crippen LogP contribution in [0.15, 0.2) is 21.4 Å². The highest BCUT2D eigenvalue weighted by atomic mass is 16.8. The van der Waals surface area contributed by atoms with Gasteiger partial charge >= 0.3 is 11.2 Å². The Morgan fingerprint density at radius 1 is 1.27 bits per heavy atom. The van der Waals surface area contributed by atoms with Crippen molar-refractivity contribution in [2.45, 2.75) is 17.9 Å². The second kappa shape index (κ2) is 3.26. The fourth-order valence-corrected chi connectivity index (χ4v) is 4.32. The predicted octanol–water partition coefficient (Wildman–Crippen LogP) is -0.629. The van der Waals surface area contributed by atoms with Gasteiger partial charge in [-0.05, 0) is 22.1 Å². The second-order valence-electron chi connectivity index (χ2n) is 5.74. The molecule has 3 aliphatic rings. The van der Waals surface area contributed by atoms with E-state index >= 15 is 0 Å². The Bertz CT molecular complexity index is 870. The van der Waals surface area contributed by atoms with Crippen molar-refractivity contribution in [3.8, 4) is 11.4 Å². The van der Waals surface area contributed by atoms with Gasteiger partial charge in [0.15, 0.2) is 0 Å². The molecule has 3 aliphatic carbocycles. The fraction of sp³-hybridized carbons (Fsp3) is 0.455. The summed E-state index contributed by atoms with van der Waals surface area (Å²) in [4.78, 5) is 11.7. The van der Waals surface area contributed by atoms with Crippen LogP contribution in [0.4, 0.5) is 0 Å². The van der Waals surface area contributed by atoms with Crippen molar-refractivity contribution >= 4 is 0 Å². The van der Waals surface area contributed by atoms with Gasteiger partial charge in [-0.15, -0.1) is 0 Å². The SMILES string of the molecule is O=[N+]([O-])[C@@]12c3no[n+]([O-])c3-c3no[n+]([O-])c3[C@@H]1[C@H]1C=C[C@@H]2C1. The molecule has 0 aromatic carbocycles. The summed E-state index contributed by atoms with van der Waals surface area (Å²) in [5.41, 5.74) is -2.05. The first-order chi connectivity index (χ1) is 10.6. The number of hydrogen-bond donors (Lipinski definition) is 0. The van der Waals surface area contributed by atoms with Crippen LogP contribution in [0.5, 0.6) is 0 Å². The van der Waals surface area contributed by atoms with Crippen molar-refractivity contribution < 1.29 is 24.0 Å². The minimum absolute atomic E-state index is 0.00569. The largest absolute Gasteiger partial charge is 0.359 e. The van der Waals surface area contributed by atoms with Gasteiger partial charge in [-0.2, -0.15) is 0 Å². The van der Waals surface area contributed by atoms with E-state index in [1.807, 2.05) is 6.08 Å². The first kappa shape index (κ1) is 11.7. The molecule has 5 rings (SSSR count). The molecule has 2 aromatic heterocycles. The lowest BCUT2D eigenvalue weighted by molar-refractivity contribution is -0.811. The third-order valence-corrected chi connectivity index (χ3v) is 5.04. The van der Waals surface area contributed by atoms with Crippen molar-refractivity contribution in [2.75, 3.05) is 0 Å². The van der Waals surface area contributed by atoms with Gasteiger partial charge < -0.3 is 10.4 Å². The molecule has 0 radical (unpaired) electrons. The van der Waals surface area contributed by atoms with Crippen LogP contribution >= 0.6 is 0 Å². The third-order valence-electron chi connectivity index (χ3n) is 5.04. The molecule has 0 N–H and O–H groups in total. The smallest absolute Gasteiger partial charge is 0.310 e.